The van der Waals surface area contributed by atoms with Crippen LogP contribution in [0.15, 0.2) is 24.3 Å². The van der Waals surface area contributed by atoms with Crippen LogP contribution in [0.4, 0.5) is 17.3 Å². The summed E-state index contributed by atoms with van der Waals surface area (Å²) in [6.07, 6.45) is 2.13. The summed E-state index contributed by atoms with van der Waals surface area (Å²) in [5.41, 5.74) is 6.23. The summed E-state index contributed by atoms with van der Waals surface area (Å²) in [4.78, 5) is 6.58. The molecule has 0 saturated heterocycles. The van der Waals surface area contributed by atoms with Crippen LogP contribution in [0.3, 0.4) is 0 Å². The largest absolute Gasteiger partial charge is 0.325 e. The van der Waals surface area contributed by atoms with Gasteiger partial charge in [-0.15, -0.1) is 0 Å². The van der Waals surface area contributed by atoms with E-state index in [0.29, 0.717) is 21.7 Å². The van der Waals surface area contributed by atoms with Crippen molar-refractivity contribution in [3.8, 4) is 0 Å². The van der Waals surface area contributed by atoms with E-state index in [2.05, 4.69) is 40.4 Å². The highest BCUT2D eigenvalue weighted by atomic mass is 35.5. The highest BCUT2D eigenvalue weighted by Gasteiger charge is 2.22. The molecular formula is C15H16Cl2N4. The van der Waals surface area contributed by atoms with E-state index < -0.39 is 0 Å². The lowest BCUT2D eigenvalue weighted by Crippen LogP contribution is -2.26. The number of nitrogens with one attached hydrogen (secondary N) is 1. The molecule has 0 radical (unpaired) electrons. The van der Waals surface area contributed by atoms with Gasteiger partial charge in [-0.2, -0.15) is 0 Å². The molecule has 1 aliphatic heterocycles. The number of anilines is 3. The van der Waals surface area contributed by atoms with Gasteiger partial charge in [-0.3, -0.25) is 0 Å². The molecule has 0 bridgehead atoms. The number of nitrogen functional groups attached to an aromatic ring is 1. The number of nitrogens with zero attached hydrogens (tertiary/aromatic N) is 2. The number of halogens is 2. The second kappa shape index (κ2) is 5.72. The Morgan fingerprint density at radius 1 is 1.24 bits per heavy atom. The zero-order chi connectivity index (χ0) is 15.0. The second-order valence-electron chi connectivity index (χ2n) is 5.16. The molecule has 0 spiro atoms. The average Bonchev–Trinajstić information content (AvgIpc) is 2.46. The van der Waals surface area contributed by atoms with E-state index >= 15 is 0 Å². The first-order valence-electron chi connectivity index (χ1n) is 6.80. The summed E-state index contributed by atoms with van der Waals surface area (Å²) in [6.45, 7) is 2.97. The van der Waals surface area contributed by atoms with Gasteiger partial charge in [0.15, 0.2) is 11.6 Å². The molecule has 0 unspecified atom stereocenters. The molecule has 6 heteroatoms. The molecule has 1 aromatic heterocycles. The van der Waals surface area contributed by atoms with Gasteiger partial charge in [0.05, 0.1) is 10.0 Å². The van der Waals surface area contributed by atoms with E-state index in [1.807, 2.05) is 0 Å². The standard InChI is InChI=1S/C15H16Cl2N4/c1-9-4-5-13-10(7-9)3-2-6-21(13)15-12(17)8-11(16)14(19-15)20-18/h4-5,7-8H,2-3,6,18H2,1H3,(H,19,20). The number of hydrazine groups is 1. The maximum Gasteiger partial charge on any atom is 0.161 e. The molecule has 21 heavy (non-hydrogen) atoms. The van der Waals surface area contributed by atoms with Crippen LogP contribution >= 0.6 is 23.2 Å². The van der Waals surface area contributed by atoms with Crippen molar-refractivity contribution < 1.29 is 0 Å². The molecule has 1 aromatic carbocycles. The molecule has 0 atom stereocenters. The Labute approximate surface area is 133 Å². The molecule has 110 valence electrons. The predicted octanol–water partition coefficient (Wildman–Crippen LogP) is 4.07. The molecule has 3 N–H and O–H groups in total. The normalized spacial score (nSPS) is 14.0. The molecule has 0 fully saturated rings. The Bertz CT molecular complexity index is 688. The Kier molecular flexibility index (Phi) is 3.93. The zero-order valence-electron chi connectivity index (χ0n) is 11.7. The lowest BCUT2D eigenvalue weighted by Gasteiger charge is -2.31. The summed E-state index contributed by atoms with van der Waals surface area (Å²) in [5.74, 6) is 6.56. The van der Waals surface area contributed by atoms with E-state index in [9.17, 15) is 0 Å². The molecule has 2 heterocycles. The van der Waals surface area contributed by atoms with Crippen LogP contribution < -0.4 is 16.2 Å². The monoisotopic (exact) mass is 322 g/mol. The number of aryl methyl sites for hydroxylation is 2. The van der Waals surface area contributed by atoms with Crippen LogP contribution in [-0.4, -0.2) is 11.5 Å². The number of hydrogen-bond acceptors (Lipinski definition) is 4. The van der Waals surface area contributed by atoms with Crippen molar-refractivity contribution in [2.75, 3.05) is 16.9 Å². The maximum atomic E-state index is 6.33. The topological polar surface area (TPSA) is 54.2 Å². The number of aromatic nitrogens is 1. The van der Waals surface area contributed by atoms with Crippen molar-refractivity contribution >= 4 is 40.5 Å². The fraction of sp³-hybridized carbons (Fsp3) is 0.267. The van der Waals surface area contributed by atoms with Gasteiger partial charge in [0.2, 0.25) is 0 Å². The Hall–Kier alpha value is -1.49. The molecule has 1 aliphatic rings. The number of fused-ring (bicyclic) bond motifs is 1. The van der Waals surface area contributed by atoms with E-state index in [0.717, 1.165) is 25.1 Å². The number of pyridine rings is 1. The molecule has 2 aromatic rings. The predicted molar refractivity (Wildman–Crippen MR) is 88.6 cm³/mol. The first kappa shape index (κ1) is 14.4. The summed E-state index contributed by atoms with van der Waals surface area (Å²) in [7, 11) is 0. The van der Waals surface area contributed by atoms with Crippen LogP contribution in [0.5, 0.6) is 0 Å². The second-order valence-corrected chi connectivity index (χ2v) is 5.97. The SMILES string of the molecule is Cc1ccc2c(c1)CCCN2c1nc(NN)c(Cl)cc1Cl. The maximum absolute atomic E-state index is 6.33. The van der Waals surface area contributed by atoms with Crippen molar-refractivity contribution in [2.45, 2.75) is 19.8 Å². The first-order valence-corrected chi connectivity index (χ1v) is 7.55. The summed E-state index contributed by atoms with van der Waals surface area (Å²) in [6, 6.07) is 8.10. The highest BCUT2D eigenvalue weighted by molar-refractivity contribution is 6.37. The van der Waals surface area contributed by atoms with Gasteiger partial charge in [-0.25, -0.2) is 10.8 Å². The Morgan fingerprint density at radius 3 is 2.81 bits per heavy atom. The van der Waals surface area contributed by atoms with Crippen molar-refractivity contribution in [1.82, 2.24) is 4.98 Å². The van der Waals surface area contributed by atoms with E-state index in [4.69, 9.17) is 29.0 Å². The fourth-order valence-corrected chi connectivity index (χ4v) is 3.21. The van der Waals surface area contributed by atoms with Crippen molar-refractivity contribution in [1.29, 1.82) is 0 Å². The Morgan fingerprint density at radius 2 is 2.05 bits per heavy atom. The molecule has 3 rings (SSSR count). The minimum absolute atomic E-state index is 0.410. The van der Waals surface area contributed by atoms with Crippen LogP contribution in [-0.2, 0) is 6.42 Å². The van der Waals surface area contributed by atoms with Gasteiger partial charge in [-0.1, -0.05) is 40.9 Å². The van der Waals surface area contributed by atoms with Gasteiger partial charge < -0.3 is 10.3 Å². The molecule has 4 nitrogen and oxygen atoms in total. The third kappa shape index (κ3) is 2.67. The number of benzene rings is 1. The quantitative estimate of drug-likeness (QED) is 0.646. The fourth-order valence-electron chi connectivity index (χ4n) is 2.69. The third-order valence-corrected chi connectivity index (χ3v) is 4.22. The minimum Gasteiger partial charge on any atom is -0.325 e. The number of hydrogen-bond donors (Lipinski definition) is 2. The van der Waals surface area contributed by atoms with Gasteiger partial charge >= 0.3 is 0 Å². The van der Waals surface area contributed by atoms with Gasteiger partial charge in [0.1, 0.15) is 0 Å². The Balaban J connectivity index is 2.10. The lowest BCUT2D eigenvalue weighted by atomic mass is 9.99. The van der Waals surface area contributed by atoms with Crippen molar-refractivity contribution in [2.24, 2.45) is 5.84 Å². The highest BCUT2D eigenvalue weighted by Crippen LogP contribution is 2.38. The molecule has 0 aliphatic carbocycles. The van der Waals surface area contributed by atoms with E-state index in [1.165, 1.54) is 11.1 Å². The number of nitrogens with two attached hydrogens (primary N) is 1. The van der Waals surface area contributed by atoms with E-state index in [-0.39, 0.29) is 0 Å². The van der Waals surface area contributed by atoms with Crippen LogP contribution in [0.25, 0.3) is 0 Å². The van der Waals surface area contributed by atoms with Crippen molar-refractivity contribution in [3.63, 3.8) is 0 Å². The van der Waals surface area contributed by atoms with Crippen LogP contribution in [0, 0.1) is 6.92 Å². The summed E-state index contributed by atoms with van der Waals surface area (Å²) >= 11 is 12.4. The molecule has 0 saturated carbocycles. The average molecular weight is 323 g/mol. The third-order valence-electron chi connectivity index (χ3n) is 3.66. The smallest absolute Gasteiger partial charge is 0.161 e. The lowest BCUT2D eigenvalue weighted by molar-refractivity contribution is 0.759. The van der Waals surface area contributed by atoms with Crippen LogP contribution in [0.2, 0.25) is 10.0 Å². The van der Waals surface area contributed by atoms with Crippen molar-refractivity contribution in [3.05, 3.63) is 45.4 Å². The molecular weight excluding hydrogens is 307 g/mol. The summed E-state index contributed by atoms with van der Waals surface area (Å²) in [5, 5.41) is 0.930. The minimum atomic E-state index is 0.410. The van der Waals surface area contributed by atoms with Gasteiger partial charge in [0.25, 0.3) is 0 Å². The number of rotatable bonds is 2. The molecule has 0 amide bonds. The van der Waals surface area contributed by atoms with Crippen LogP contribution in [0.1, 0.15) is 17.5 Å². The summed E-state index contributed by atoms with van der Waals surface area (Å²) < 4.78 is 0. The van der Waals surface area contributed by atoms with E-state index in [1.54, 1.807) is 6.07 Å². The van der Waals surface area contributed by atoms with Gasteiger partial charge in [-0.05, 0) is 37.5 Å². The zero-order valence-corrected chi connectivity index (χ0v) is 13.2. The van der Waals surface area contributed by atoms with Gasteiger partial charge in [0, 0.05) is 12.2 Å². The first-order chi connectivity index (χ1) is 10.1.